The summed E-state index contributed by atoms with van der Waals surface area (Å²) in [6, 6.07) is 13.8. The molecule has 0 aliphatic rings. The van der Waals surface area contributed by atoms with Crippen LogP contribution in [-0.2, 0) is 10.0 Å². The van der Waals surface area contributed by atoms with E-state index < -0.39 is 10.0 Å². The van der Waals surface area contributed by atoms with E-state index in [0.717, 1.165) is 15.4 Å². The van der Waals surface area contributed by atoms with Crippen LogP contribution in [0.2, 0.25) is 0 Å². The van der Waals surface area contributed by atoms with Crippen molar-refractivity contribution in [2.45, 2.75) is 11.8 Å². The van der Waals surface area contributed by atoms with Crippen molar-refractivity contribution in [3.05, 3.63) is 71.3 Å². The molecule has 0 bridgehead atoms. The molecule has 2 aromatic rings. The van der Waals surface area contributed by atoms with Gasteiger partial charge in [-0.15, -0.1) is 0 Å². The van der Waals surface area contributed by atoms with Gasteiger partial charge < -0.3 is 0 Å². The maximum absolute atomic E-state index is 12.2. The molecule has 0 unspecified atom stereocenters. The first-order chi connectivity index (χ1) is 10.8. The first kappa shape index (κ1) is 17.1. The number of carbonyl (C=O) groups is 1. The van der Waals surface area contributed by atoms with Crippen LogP contribution in [0.15, 0.2) is 59.5 Å². The lowest BCUT2D eigenvalue weighted by atomic mass is 10.1. The maximum atomic E-state index is 12.2. The smallest absolute Gasteiger partial charge is 0.242 e. The first-order valence-electron chi connectivity index (χ1n) is 7.12. The predicted octanol–water partition coefficient (Wildman–Crippen LogP) is 3.14. The van der Waals surface area contributed by atoms with E-state index in [1.165, 1.54) is 44.4 Å². The van der Waals surface area contributed by atoms with E-state index in [1.54, 1.807) is 6.08 Å². The van der Waals surface area contributed by atoms with E-state index in [-0.39, 0.29) is 10.7 Å². The van der Waals surface area contributed by atoms with Crippen LogP contribution in [0.4, 0.5) is 0 Å². The Balaban J connectivity index is 2.18. The molecule has 0 saturated heterocycles. The fourth-order valence-corrected chi connectivity index (χ4v) is 2.95. The topological polar surface area (TPSA) is 54.5 Å². The number of carbonyl (C=O) groups excluding carboxylic acids is 1. The Morgan fingerprint density at radius 2 is 1.70 bits per heavy atom. The molecule has 5 heteroatoms. The normalized spacial score (nSPS) is 12.0. The molecular formula is C18H19NO3S. The summed E-state index contributed by atoms with van der Waals surface area (Å²) >= 11 is 0. The molecule has 0 heterocycles. The van der Waals surface area contributed by atoms with Crippen LogP contribution in [0.1, 0.15) is 21.5 Å². The summed E-state index contributed by atoms with van der Waals surface area (Å²) in [6.45, 7) is 1.99. The minimum atomic E-state index is -3.48. The number of allylic oxidation sites excluding steroid dienone is 1. The minimum absolute atomic E-state index is 0.166. The molecule has 0 aromatic heterocycles. The molecule has 2 aromatic carbocycles. The van der Waals surface area contributed by atoms with Crippen molar-refractivity contribution < 1.29 is 13.2 Å². The third-order valence-corrected chi connectivity index (χ3v) is 5.22. The third kappa shape index (κ3) is 4.15. The number of hydrogen-bond donors (Lipinski definition) is 0. The van der Waals surface area contributed by atoms with Gasteiger partial charge in [-0.2, -0.15) is 0 Å². The molecule has 23 heavy (non-hydrogen) atoms. The Hall–Kier alpha value is -2.24. The van der Waals surface area contributed by atoms with E-state index in [1.807, 2.05) is 31.2 Å². The summed E-state index contributed by atoms with van der Waals surface area (Å²) in [5, 5.41) is 0. The van der Waals surface area contributed by atoms with E-state index in [4.69, 9.17) is 0 Å². The minimum Gasteiger partial charge on any atom is -0.289 e. The first-order valence-corrected chi connectivity index (χ1v) is 8.56. The largest absolute Gasteiger partial charge is 0.289 e. The van der Waals surface area contributed by atoms with E-state index >= 15 is 0 Å². The average Bonchev–Trinajstić information content (AvgIpc) is 2.52. The molecular weight excluding hydrogens is 310 g/mol. The van der Waals surface area contributed by atoms with Crippen LogP contribution in [0.5, 0.6) is 0 Å². The van der Waals surface area contributed by atoms with Gasteiger partial charge in [-0.05, 0) is 42.8 Å². The molecule has 4 nitrogen and oxygen atoms in total. The van der Waals surface area contributed by atoms with Crippen LogP contribution < -0.4 is 0 Å². The molecule has 0 saturated carbocycles. The lowest BCUT2D eigenvalue weighted by Gasteiger charge is -2.11. The highest BCUT2D eigenvalue weighted by Crippen LogP contribution is 2.15. The fourth-order valence-electron chi connectivity index (χ4n) is 2.04. The molecule has 120 valence electrons. The SMILES string of the molecule is Cc1cccc(C=CC(=O)c2ccc(S(=O)(=O)N(C)C)cc2)c1. The van der Waals surface area contributed by atoms with Gasteiger partial charge in [-0.1, -0.05) is 35.9 Å². The van der Waals surface area contributed by atoms with Crippen LogP contribution in [0.3, 0.4) is 0 Å². The second-order valence-corrected chi connectivity index (χ2v) is 7.58. The lowest BCUT2D eigenvalue weighted by Crippen LogP contribution is -2.22. The summed E-state index contributed by atoms with van der Waals surface area (Å²) in [5.74, 6) is -0.166. The van der Waals surface area contributed by atoms with Gasteiger partial charge in [0.25, 0.3) is 0 Å². The van der Waals surface area contributed by atoms with Gasteiger partial charge in [-0.25, -0.2) is 12.7 Å². The Morgan fingerprint density at radius 3 is 2.26 bits per heavy atom. The fraction of sp³-hybridized carbons (Fsp3) is 0.167. The van der Waals surface area contributed by atoms with Crippen molar-refractivity contribution in [3.8, 4) is 0 Å². The van der Waals surface area contributed by atoms with Crippen molar-refractivity contribution in [1.29, 1.82) is 0 Å². The van der Waals surface area contributed by atoms with E-state index in [0.29, 0.717) is 5.56 Å². The zero-order chi connectivity index (χ0) is 17.0. The Kier molecular flexibility index (Phi) is 5.13. The number of sulfonamides is 1. The molecule has 0 amide bonds. The van der Waals surface area contributed by atoms with Crippen LogP contribution in [0, 0.1) is 6.92 Å². The summed E-state index contributed by atoms with van der Waals surface area (Å²) < 4.78 is 25.1. The number of rotatable bonds is 5. The summed E-state index contributed by atoms with van der Waals surface area (Å²) in [4.78, 5) is 12.3. The van der Waals surface area contributed by atoms with Crippen molar-refractivity contribution in [1.82, 2.24) is 4.31 Å². The van der Waals surface area contributed by atoms with Crippen LogP contribution >= 0.6 is 0 Å². The van der Waals surface area contributed by atoms with Gasteiger partial charge in [0, 0.05) is 19.7 Å². The zero-order valence-electron chi connectivity index (χ0n) is 13.4. The number of aryl methyl sites for hydroxylation is 1. The van der Waals surface area contributed by atoms with E-state index in [9.17, 15) is 13.2 Å². The molecule has 0 atom stereocenters. The number of hydrogen-bond acceptors (Lipinski definition) is 3. The average molecular weight is 329 g/mol. The molecule has 0 N–H and O–H groups in total. The molecule has 0 radical (unpaired) electrons. The van der Waals surface area contributed by atoms with Gasteiger partial charge in [-0.3, -0.25) is 4.79 Å². The Labute approximate surface area is 137 Å². The number of nitrogens with zero attached hydrogens (tertiary/aromatic N) is 1. The van der Waals surface area contributed by atoms with Gasteiger partial charge in [0.15, 0.2) is 5.78 Å². The van der Waals surface area contributed by atoms with Crippen molar-refractivity contribution >= 4 is 21.9 Å². The Morgan fingerprint density at radius 1 is 1.04 bits per heavy atom. The lowest BCUT2D eigenvalue weighted by molar-refractivity contribution is 0.104. The van der Waals surface area contributed by atoms with Crippen LogP contribution in [0.25, 0.3) is 6.08 Å². The molecule has 0 fully saturated rings. The maximum Gasteiger partial charge on any atom is 0.242 e. The second kappa shape index (κ2) is 6.89. The number of ketones is 1. The summed E-state index contributed by atoms with van der Waals surface area (Å²) in [6.07, 6.45) is 3.24. The van der Waals surface area contributed by atoms with Crippen molar-refractivity contribution in [3.63, 3.8) is 0 Å². The standard InChI is InChI=1S/C18H19NO3S/c1-14-5-4-6-15(13-14)7-12-18(20)16-8-10-17(11-9-16)23(21,22)19(2)3/h4-13H,1-3H3. The third-order valence-electron chi connectivity index (χ3n) is 3.39. The van der Waals surface area contributed by atoms with Crippen molar-refractivity contribution in [2.24, 2.45) is 0 Å². The highest BCUT2D eigenvalue weighted by molar-refractivity contribution is 7.89. The van der Waals surface area contributed by atoms with E-state index in [2.05, 4.69) is 0 Å². The predicted molar refractivity (Wildman–Crippen MR) is 91.9 cm³/mol. The number of benzene rings is 2. The van der Waals surface area contributed by atoms with Gasteiger partial charge in [0.05, 0.1) is 4.90 Å². The Bertz CT molecular complexity index is 835. The summed E-state index contributed by atoms with van der Waals surface area (Å²) in [7, 11) is -0.533. The summed E-state index contributed by atoms with van der Waals surface area (Å²) in [5.41, 5.74) is 2.52. The molecule has 0 aliphatic carbocycles. The quantitative estimate of drug-likeness (QED) is 0.625. The molecule has 2 rings (SSSR count). The monoisotopic (exact) mass is 329 g/mol. The van der Waals surface area contributed by atoms with Gasteiger partial charge in [0.2, 0.25) is 10.0 Å². The highest BCUT2D eigenvalue weighted by Gasteiger charge is 2.17. The van der Waals surface area contributed by atoms with Crippen molar-refractivity contribution in [2.75, 3.05) is 14.1 Å². The van der Waals surface area contributed by atoms with Gasteiger partial charge in [0.1, 0.15) is 0 Å². The highest BCUT2D eigenvalue weighted by atomic mass is 32.2. The zero-order valence-corrected chi connectivity index (χ0v) is 14.2. The molecule has 0 spiro atoms. The van der Waals surface area contributed by atoms with Crippen LogP contribution in [-0.4, -0.2) is 32.6 Å². The second-order valence-electron chi connectivity index (χ2n) is 5.42. The molecule has 0 aliphatic heterocycles. The van der Waals surface area contributed by atoms with Gasteiger partial charge >= 0.3 is 0 Å².